The van der Waals surface area contributed by atoms with E-state index < -0.39 is 0 Å². The highest BCUT2D eigenvalue weighted by atomic mass is 35.5. The van der Waals surface area contributed by atoms with Crippen LogP contribution >= 0.6 is 11.6 Å². The summed E-state index contributed by atoms with van der Waals surface area (Å²) in [6.45, 7) is 1.92. The van der Waals surface area contributed by atoms with Crippen LogP contribution in [0.3, 0.4) is 0 Å². The minimum Gasteiger partial charge on any atom is -0.493 e. The van der Waals surface area contributed by atoms with Crippen molar-refractivity contribution in [2.75, 3.05) is 27.3 Å². The number of benzene rings is 2. The Labute approximate surface area is 146 Å². The first-order valence-corrected chi connectivity index (χ1v) is 7.97. The first-order chi connectivity index (χ1) is 11.6. The van der Waals surface area contributed by atoms with Gasteiger partial charge in [0.05, 0.1) is 14.2 Å². The van der Waals surface area contributed by atoms with Gasteiger partial charge in [0.1, 0.15) is 0 Å². The molecule has 0 unspecified atom stereocenters. The van der Waals surface area contributed by atoms with E-state index in [9.17, 15) is 4.79 Å². The SMILES string of the molecule is COc1ccc(C(=O)NCCNCc2ccc(Cl)cc2)cc1OC. The van der Waals surface area contributed by atoms with Crippen LogP contribution in [0.25, 0.3) is 0 Å². The van der Waals surface area contributed by atoms with E-state index in [-0.39, 0.29) is 5.91 Å². The Morgan fingerprint density at radius 3 is 2.38 bits per heavy atom. The number of carbonyl (C=O) groups is 1. The zero-order valence-electron chi connectivity index (χ0n) is 13.8. The zero-order chi connectivity index (χ0) is 17.4. The lowest BCUT2D eigenvalue weighted by Gasteiger charge is -2.10. The van der Waals surface area contributed by atoms with Gasteiger partial charge in [0.25, 0.3) is 5.91 Å². The second kappa shape index (κ2) is 9.15. The summed E-state index contributed by atoms with van der Waals surface area (Å²) >= 11 is 5.84. The van der Waals surface area contributed by atoms with Crippen molar-refractivity contribution in [3.8, 4) is 11.5 Å². The quantitative estimate of drug-likeness (QED) is 0.720. The summed E-state index contributed by atoms with van der Waals surface area (Å²) in [7, 11) is 3.10. The summed E-state index contributed by atoms with van der Waals surface area (Å²) in [5.41, 5.74) is 1.68. The summed E-state index contributed by atoms with van der Waals surface area (Å²) in [4.78, 5) is 12.1. The van der Waals surface area contributed by atoms with E-state index in [2.05, 4.69) is 10.6 Å². The minimum atomic E-state index is -0.149. The summed E-state index contributed by atoms with van der Waals surface area (Å²) in [5, 5.41) is 6.85. The van der Waals surface area contributed by atoms with E-state index in [0.29, 0.717) is 30.2 Å². The maximum absolute atomic E-state index is 12.1. The van der Waals surface area contributed by atoms with Gasteiger partial charge in [-0.1, -0.05) is 23.7 Å². The number of carbonyl (C=O) groups excluding carboxylic acids is 1. The van der Waals surface area contributed by atoms with E-state index >= 15 is 0 Å². The van der Waals surface area contributed by atoms with E-state index in [1.807, 2.05) is 24.3 Å². The Morgan fingerprint density at radius 2 is 1.71 bits per heavy atom. The maximum Gasteiger partial charge on any atom is 0.251 e. The Morgan fingerprint density at radius 1 is 1.00 bits per heavy atom. The van der Waals surface area contributed by atoms with Crippen molar-refractivity contribution < 1.29 is 14.3 Å². The molecule has 5 nitrogen and oxygen atoms in total. The van der Waals surface area contributed by atoms with Gasteiger partial charge in [-0.2, -0.15) is 0 Å². The molecule has 2 aromatic rings. The summed E-state index contributed by atoms with van der Waals surface area (Å²) in [6.07, 6.45) is 0. The molecule has 0 fully saturated rings. The van der Waals surface area contributed by atoms with Crippen LogP contribution in [0.4, 0.5) is 0 Å². The average Bonchev–Trinajstić information content (AvgIpc) is 2.62. The highest BCUT2D eigenvalue weighted by Gasteiger charge is 2.10. The van der Waals surface area contributed by atoms with Gasteiger partial charge >= 0.3 is 0 Å². The molecule has 2 N–H and O–H groups in total. The van der Waals surface area contributed by atoms with E-state index in [0.717, 1.165) is 17.1 Å². The van der Waals surface area contributed by atoms with Crippen molar-refractivity contribution in [3.05, 3.63) is 58.6 Å². The van der Waals surface area contributed by atoms with Crippen molar-refractivity contribution >= 4 is 17.5 Å². The molecular weight excluding hydrogens is 328 g/mol. The van der Waals surface area contributed by atoms with Crippen LogP contribution in [-0.4, -0.2) is 33.2 Å². The molecule has 0 spiro atoms. The van der Waals surface area contributed by atoms with Crippen LogP contribution < -0.4 is 20.1 Å². The molecule has 0 aliphatic rings. The summed E-state index contributed by atoms with van der Waals surface area (Å²) in [6, 6.07) is 12.7. The van der Waals surface area contributed by atoms with Crippen LogP contribution in [0.1, 0.15) is 15.9 Å². The smallest absolute Gasteiger partial charge is 0.251 e. The number of ether oxygens (including phenoxy) is 2. The monoisotopic (exact) mass is 348 g/mol. The molecule has 0 aromatic heterocycles. The molecule has 0 heterocycles. The summed E-state index contributed by atoms with van der Waals surface area (Å²) < 4.78 is 10.4. The van der Waals surface area contributed by atoms with Gasteiger partial charge in [-0.3, -0.25) is 4.79 Å². The Balaban J connectivity index is 1.76. The third-order valence-corrected chi connectivity index (χ3v) is 3.73. The molecule has 1 amide bonds. The van der Waals surface area contributed by atoms with Crippen LogP contribution in [0.5, 0.6) is 11.5 Å². The number of nitrogens with one attached hydrogen (secondary N) is 2. The molecular formula is C18H21ClN2O3. The van der Waals surface area contributed by atoms with Crippen LogP contribution in [0.2, 0.25) is 5.02 Å². The number of amides is 1. The molecule has 128 valence electrons. The van der Waals surface area contributed by atoms with Crippen molar-refractivity contribution in [3.63, 3.8) is 0 Å². The second-order valence-corrected chi connectivity index (χ2v) is 5.57. The lowest BCUT2D eigenvalue weighted by atomic mass is 10.2. The third-order valence-electron chi connectivity index (χ3n) is 3.48. The predicted octanol–water partition coefficient (Wildman–Crippen LogP) is 2.88. The Bertz CT molecular complexity index is 674. The lowest BCUT2D eigenvalue weighted by Crippen LogP contribution is -2.31. The van der Waals surface area contributed by atoms with Gasteiger partial charge in [0, 0.05) is 30.2 Å². The predicted molar refractivity (Wildman–Crippen MR) is 95.0 cm³/mol. The van der Waals surface area contributed by atoms with Crippen molar-refractivity contribution in [1.29, 1.82) is 0 Å². The standard InChI is InChI=1S/C18H21ClN2O3/c1-23-16-8-5-14(11-17(16)24-2)18(22)21-10-9-20-12-13-3-6-15(19)7-4-13/h3-8,11,20H,9-10,12H2,1-2H3,(H,21,22). The normalized spacial score (nSPS) is 10.3. The van der Waals surface area contributed by atoms with Gasteiger partial charge in [0.15, 0.2) is 11.5 Å². The number of methoxy groups -OCH3 is 2. The molecule has 6 heteroatoms. The topological polar surface area (TPSA) is 59.6 Å². The van der Waals surface area contributed by atoms with E-state index in [1.165, 1.54) is 0 Å². The molecule has 0 aliphatic carbocycles. The Hall–Kier alpha value is -2.24. The van der Waals surface area contributed by atoms with E-state index in [1.54, 1.807) is 32.4 Å². The number of rotatable bonds is 8. The van der Waals surface area contributed by atoms with Crippen molar-refractivity contribution in [2.45, 2.75) is 6.54 Å². The lowest BCUT2D eigenvalue weighted by molar-refractivity contribution is 0.0953. The molecule has 0 radical (unpaired) electrons. The van der Waals surface area contributed by atoms with Gasteiger partial charge in [-0.15, -0.1) is 0 Å². The van der Waals surface area contributed by atoms with Crippen LogP contribution in [0.15, 0.2) is 42.5 Å². The highest BCUT2D eigenvalue weighted by Crippen LogP contribution is 2.27. The van der Waals surface area contributed by atoms with Gasteiger partial charge in [-0.25, -0.2) is 0 Å². The molecule has 0 atom stereocenters. The highest BCUT2D eigenvalue weighted by molar-refractivity contribution is 6.30. The fourth-order valence-electron chi connectivity index (χ4n) is 2.18. The Kier molecular flexibility index (Phi) is 6.90. The largest absolute Gasteiger partial charge is 0.493 e. The van der Waals surface area contributed by atoms with E-state index in [4.69, 9.17) is 21.1 Å². The van der Waals surface area contributed by atoms with Gasteiger partial charge < -0.3 is 20.1 Å². The summed E-state index contributed by atoms with van der Waals surface area (Å²) in [5.74, 6) is 0.981. The second-order valence-electron chi connectivity index (χ2n) is 5.13. The average molecular weight is 349 g/mol. The molecule has 0 bridgehead atoms. The van der Waals surface area contributed by atoms with Crippen molar-refractivity contribution in [2.24, 2.45) is 0 Å². The molecule has 0 saturated heterocycles. The minimum absolute atomic E-state index is 0.149. The van der Waals surface area contributed by atoms with Crippen molar-refractivity contribution in [1.82, 2.24) is 10.6 Å². The molecule has 0 saturated carbocycles. The zero-order valence-corrected chi connectivity index (χ0v) is 14.5. The molecule has 0 aliphatic heterocycles. The third kappa shape index (κ3) is 5.15. The first kappa shape index (κ1) is 18.1. The molecule has 2 aromatic carbocycles. The number of hydrogen-bond donors (Lipinski definition) is 2. The van der Waals surface area contributed by atoms with Gasteiger partial charge in [0.2, 0.25) is 0 Å². The van der Waals surface area contributed by atoms with Crippen LogP contribution in [-0.2, 0) is 6.54 Å². The molecule has 24 heavy (non-hydrogen) atoms. The number of halogens is 1. The molecule has 2 rings (SSSR count). The fraction of sp³-hybridized carbons (Fsp3) is 0.278. The first-order valence-electron chi connectivity index (χ1n) is 7.59. The number of hydrogen-bond acceptors (Lipinski definition) is 4. The fourth-order valence-corrected chi connectivity index (χ4v) is 2.30. The maximum atomic E-state index is 12.1. The van der Waals surface area contributed by atoms with Gasteiger partial charge in [-0.05, 0) is 35.9 Å². The van der Waals surface area contributed by atoms with Crippen LogP contribution in [0, 0.1) is 0 Å².